The van der Waals surface area contributed by atoms with Crippen molar-refractivity contribution in [2.75, 3.05) is 27.4 Å². The highest BCUT2D eigenvalue weighted by Crippen LogP contribution is 2.32. The Kier molecular flexibility index (Phi) is 18.2. The molecule has 0 unspecified atom stereocenters. The SMILES string of the molecule is COCCn1c(Cc2cc(F)c(-c3cccc(OCc4ccc(Cl)cc4)n3)cc2F)nc2c(F)cc(C(=O)O)cc21.COCCn1c(Cc2cc(F)c(-c3cccc(OCc4ccc(Cl)cc4)n3)cc2F)nc2c(F)cc(C(=O)O)cc21. The van der Waals surface area contributed by atoms with E-state index in [1.165, 1.54) is 26.4 Å². The van der Waals surface area contributed by atoms with Gasteiger partial charge in [0.2, 0.25) is 11.8 Å². The minimum absolute atomic E-state index is 0.0192. The van der Waals surface area contributed by atoms with Crippen LogP contribution in [0.25, 0.3) is 44.6 Å². The fourth-order valence-electron chi connectivity index (χ4n) is 8.79. The zero-order valence-electron chi connectivity index (χ0n) is 43.4. The van der Waals surface area contributed by atoms with Gasteiger partial charge in [0.15, 0.2) is 11.6 Å². The van der Waals surface area contributed by atoms with Gasteiger partial charge in [0.25, 0.3) is 0 Å². The van der Waals surface area contributed by atoms with Crippen molar-refractivity contribution < 1.29 is 65.1 Å². The molecule has 0 saturated carbocycles. The van der Waals surface area contributed by atoms with E-state index in [1.54, 1.807) is 69.8 Å². The Bertz CT molecular complexity index is 3740. The lowest BCUT2D eigenvalue weighted by Crippen LogP contribution is -2.10. The highest BCUT2D eigenvalue weighted by atomic mass is 35.5. The number of pyridine rings is 2. The van der Waals surface area contributed by atoms with Crippen LogP contribution in [0.3, 0.4) is 0 Å². The van der Waals surface area contributed by atoms with Crippen molar-refractivity contribution in [3.05, 3.63) is 223 Å². The molecule has 0 fully saturated rings. The molecule has 0 amide bonds. The van der Waals surface area contributed by atoms with Gasteiger partial charge in [0, 0.05) is 73.5 Å². The summed E-state index contributed by atoms with van der Waals surface area (Å²) >= 11 is 11.8. The number of nitrogens with zero attached hydrogens (tertiary/aromatic N) is 6. The van der Waals surface area contributed by atoms with Gasteiger partial charge in [-0.15, -0.1) is 0 Å². The van der Waals surface area contributed by atoms with E-state index in [9.17, 15) is 28.6 Å². The Morgan fingerprint density at radius 3 is 1.24 bits per heavy atom. The first-order chi connectivity index (χ1) is 39.5. The van der Waals surface area contributed by atoms with Crippen LogP contribution in [0.2, 0.25) is 10.0 Å². The van der Waals surface area contributed by atoms with Gasteiger partial charge in [0.1, 0.15) is 59.2 Å². The van der Waals surface area contributed by atoms with Gasteiger partial charge in [-0.25, -0.2) is 55.9 Å². The highest BCUT2D eigenvalue weighted by Gasteiger charge is 2.23. The average molecular weight is 1160 g/mol. The van der Waals surface area contributed by atoms with Gasteiger partial charge >= 0.3 is 11.9 Å². The molecule has 10 rings (SSSR count). The van der Waals surface area contributed by atoms with E-state index in [0.29, 0.717) is 10.0 Å². The number of carboxylic acids is 2. The topological polar surface area (TPSA) is 173 Å². The summed E-state index contributed by atoms with van der Waals surface area (Å²) in [6.45, 7) is 1.22. The Morgan fingerprint density at radius 2 is 0.878 bits per heavy atom. The number of methoxy groups -OCH3 is 2. The van der Waals surface area contributed by atoms with Crippen molar-refractivity contribution >= 4 is 57.2 Å². The van der Waals surface area contributed by atoms with E-state index >= 15 is 17.6 Å². The maximum absolute atomic E-state index is 15.3. The van der Waals surface area contributed by atoms with Crippen LogP contribution in [0.4, 0.5) is 26.3 Å². The number of rotatable bonds is 20. The molecule has 0 spiro atoms. The molecule has 10 aromatic rings. The van der Waals surface area contributed by atoms with Crippen molar-refractivity contribution in [1.29, 1.82) is 0 Å². The van der Waals surface area contributed by atoms with Gasteiger partial charge in [-0.3, -0.25) is 0 Å². The second-order valence-electron chi connectivity index (χ2n) is 18.4. The number of hydrogen-bond donors (Lipinski definition) is 2. The van der Waals surface area contributed by atoms with Gasteiger partial charge in [-0.2, -0.15) is 0 Å². The summed E-state index contributed by atoms with van der Waals surface area (Å²) in [5, 5.41) is 19.9. The first kappa shape index (κ1) is 57.9. The minimum atomic E-state index is -1.30. The Hall–Kier alpha value is -8.82. The molecule has 4 aromatic heterocycles. The number of hydrogen-bond acceptors (Lipinski definition) is 10. The van der Waals surface area contributed by atoms with Crippen molar-refractivity contribution in [2.45, 2.75) is 39.1 Å². The summed E-state index contributed by atoms with van der Waals surface area (Å²) in [5.74, 6) is -6.22. The van der Waals surface area contributed by atoms with Gasteiger partial charge in [-0.05, 0) is 107 Å². The summed E-state index contributed by atoms with van der Waals surface area (Å²) in [6.07, 6.45) is -0.359. The summed E-state index contributed by atoms with van der Waals surface area (Å²) in [6, 6.07) is 32.3. The summed E-state index contributed by atoms with van der Waals surface area (Å²) < 4.78 is 116. The molecule has 0 aliphatic heterocycles. The quantitative estimate of drug-likeness (QED) is 0.0693. The number of halogens is 8. The van der Waals surface area contributed by atoms with Gasteiger partial charge in [0.05, 0.1) is 46.8 Å². The molecule has 82 heavy (non-hydrogen) atoms. The molecule has 0 radical (unpaired) electrons. The van der Waals surface area contributed by atoms with Crippen LogP contribution in [-0.4, -0.2) is 78.7 Å². The second kappa shape index (κ2) is 25.7. The number of imidazole rings is 2. The van der Waals surface area contributed by atoms with Crippen molar-refractivity contribution in [2.24, 2.45) is 0 Å². The number of benzene rings is 6. The lowest BCUT2D eigenvalue weighted by atomic mass is 10.0. The Morgan fingerprint density at radius 1 is 0.488 bits per heavy atom. The molecule has 2 N–H and O–H groups in total. The number of carbonyl (C=O) groups is 2. The Balaban J connectivity index is 0.000000198. The molecule has 14 nitrogen and oxygen atoms in total. The maximum Gasteiger partial charge on any atom is 0.335 e. The first-order valence-electron chi connectivity index (χ1n) is 24.9. The zero-order chi connectivity index (χ0) is 58.2. The van der Waals surface area contributed by atoms with E-state index in [2.05, 4.69) is 19.9 Å². The van der Waals surface area contributed by atoms with Crippen molar-refractivity contribution in [1.82, 2.24) is 29.1 Å². The molecule has 0 aliphatic rings. The molecule has 4 heterocycles. The van der Waals surface area contributed by atoms with Crippen LogP contribution in [0, 0.1) is 34.9 Å². The van der Waals surface area contributed by atoms with Gasteiger partial charge < -0.3 is 38.3 Å². The summed E-state index contributed by atoms with van der Waals surface area (Å²) in [7, 11) is 2.95. The monoisotopic (exact) mass is 1160 g/mol. The third kappa shape index (κ3) is 13.5. The number of fused-ring (bicyclic) bond motifs is 2. The maximum atomic E-state index is 15.3. The Labute approximate surface area is 473 Å². The van der Waals surface area contributed by atoms with Crippen LogP contribution in [-0.2, 0) is 48.6 Å². The van der Waals surface area contributed by atoms with E-state index in [-0.39, 0.29) is 143 Å². The molecule has 0 bridgehead atoms. The average Bonchev–Trinajstić information content (AvgIpc) is 4.07. The zero-order valence-corrected chi connectivity index (χ0v) is 44.9. The third-order valence-electron chi connectivity index (χ3n) is 12.9. The van der Waals surface area contributed by atoms with Crippen molar-refractivity contribution in [3.63, 3.8) is 0 Å². The number of carboxylic acid groups (broad SMARTS) is 2. The standard InChI is InChI=1S/2C30H23ClF3N3O4/c2*1-40-10-9-37-26-13-19(30(38)39)12-24(34)29(26)36-27(37)14-18-11-23(33)21(15-22(18)32)25-3-2-4-28(35-25)41-16-17-5-7-20(31)8-6-17/h2*2-8,11-13,15H,9-10,14,16H2,1H3,(H,38,39). The van der Waals surface area contributed by atoms with E-state index in [0.717, 1.165) is 47.5 Å². The normalized spacial score (nSPS) is 11.2. The molecular weight excluding hydrogens is 1120 g/mol. The van der Waals surface area contributed by atoms with Crippen LogP contribution < -0.4 is 9.47 Å². The number of aromatic nitrogens is 6. The lowest BCUT2D eigenvalue weighted by molar-refractivity contribution is 0.0686. The minimum Gasteiger partial charge on any atom is -0.478 e. The van der Waals surface area contributed by atoms with Crippen LogP contribution in [0.1, 0.15) is 54.6 Å². The number of ether oxygens (including phenoxy) is 4. The van der Waals surface area contributed by atoms with Crippen LogP contribution in [0.15, 0.2) is 133 Å². The van der Waals surface area contributed by atoms with E-state index in [1.807, 2.05) is 24.3 Å². The first-order valence-corrected chi connectivity index (χ1v) is 25.7. The fourth-order valence-corrected chi connectivity index (χ4v) is 9.04. The predicted molar refractivity (Wildman–Crippen MR) is 293 cm³/mol. The summed E-state index contributed by atoms with van der Waals surface area (Å²) in [4.78, 5) is 40.1. The predicted octanol–water partition coefficient (Wildman–Crippen LogP) is 13.4. The fraction of sp³-hybridized carbons (Fsp3) is 0.167. The largest absolute Gasteiger partial charge is 0.478 e. The third-order valence-corrected chi connectivity index (χ3v) is 13.4. The van der Waals surface area contributed by atoms with Crippen molar-refractivity contribution in [3.8, 4) is 34.3 Å². The van der Waals surface area contributed by atoms with E-state index in [4.69, 9.17) is 42.1 Å². The molecule has 6 aromatic carbocycles. The number of aromatic carboxylic acids is 2. The molecular formula is C60H46Cl2F6N6O8. The van der Waals surface area contributed by atoms with E-state index < -0.39 is 46.8 Å². The second-order valence-corrected chi connectivity index (χ2v) is 19.2. The molecule has 420 valence electrons. The molecule has 22 heteroatoms. The smallest absolute Gasteiger partial charge is 0.335 e. The van der Waals surface area contributed by atoms with Gasteiger partial charge in [-0.1, -0.05) is 59.6 Å². The molecule has 0 saturated heterocycles. The van der Waals surface area contributed by atoms with Crippen LogP contribution >= 0.6 is 23.2 Å². The molecule has 0 aliphatic carbocycles. The lowest BCUT2D eigenvalue weighted by Gasteiger charge is -2.12. The van der Waals surface area contributed by atoms with Crippen LogP contribution in [0.5, 0.6) is 11.8 Å². The molecule has 0 atom stereocenters. The highest BCUT2D eigenvalue weighted by molar-refractivity contribution is 6.30. The summed E-state index contributed by atoms with van der Waals surface area (Å²) in [5.41, 5.74) is 1.69.